The standard InChI is InChI=1S/C20H27N3O2/c1-16-4-2-6-18(21-16)14-23-10-9-22(15-19(23)8-11-24)13-17-5-3-7-20(25)12-17/h2-7,12,19,24-25H,8-11,13-15H2,1H3. The summed E-state index contributed by atoms with van der Waals surface area (Å²) in [6.45, 7) is 6.72. The van der Waals surface area contributed by atoms with Gasteiger partial charge in [-0.2, -0.15) is 0 Å². The molecule has 1 atom stereocenters. The van der Waals surface area contributed by atoms with Crippen LogP contribution in [0.2, 0.25) is 0 Å². The second kappa shape index (κ2) is 8.43. The summed E-state index contributed by atoms with van der Waals surface area (Å²) < 4.78 is 0. The monoisotopic (exact) mass is 341 g/mol. The SMILES string of the molecule is Cc1cccc(CN2CCN(Cc3cccc(O)c3)CC2CCO)n1. The molecule has 25 heavy (non-hydrogen) atoms. The number of hydrogen-bond donors (Lipinski definition) is 2. The van der Waals surface area contributed by atoms with Crippen LogP contribution in [-0.4, -0.2) is 57.3 Å². The number of aromatic hydroxyl groups is 1. The molecular weight excluding hydrogens is 314 g/mol. The molecule has 5 heteroatoms. The quantitative estimate of drug-likeness (QED) is 0.843. The fourth-order valence-electron chi connectivity index (χ4n) is 3.54. The number of pyridine rings is 1. The van der Waals surface area contributed by atoms with Crippen LogP contribution in [0.25, 0.3) is 0 Å². The summed E-state index contributed by atoms with van der Waals surface area (Å²) in [4.78, 5) is 9.44. The molecule has 1 aromatic carbocycles. The number of nitrogens with zero attached hydrogens (tertiary/aromatic N) is 3. The number of aliphatic hydroxyl groups excluding tert-OH is 1. The fraction of sp³-hybridized carbons (Fsp3) is 0.450. The normalized spacial score (nSPS) is 19.2. The third kappa shape index (κ3) is 5.01. The number of phenols is 1. The molecule has 1 saturated heterocycles. The lowest BCUT2D eigenvalue weighted by Crippen LogP contribution is -2.52. The van der Waals surface area contributed by atoms with Crippen molar-refractivity contribution in [1.29, 1.82) is 0 Å². The molecule has 0 radical (unpaired) electrons. The molecule has 134 valence electrons. The van der Waals surface area contributed by atoms with Crippen LogP contribution in [0.4, 0.5) is 0 Å². The molecule has 2 aromatic rings. The fourth-order valence-corrected chi connectivity index (χ4v) is 3.54. The zero-order chi connectivity index (χ0) is 17.6. The number of rotatable bonds is 6. The Morgan fingerprint density at radius 1 is 1.12 bits per heavy atom. The molecule has 2 N–H and O–H groups in total. The maximum Gasteiger partial charge on any atom is 0.115 e. The number of piperazine rings is 1. The molecule has 1 fully saturated rings. The van der Waals surface area contributed by atoms with E-state index in [4.69, 9.17) is 0 Å². The van der Waals surface area contributed by atoms with Crippen molar-refractivity contribution in [3.63, 3.8) is 0 Å². The zero-order valence-electron chi connectivity index (χ0n) is 14.8. The lowest BCUT2D eigenvalue weighted by atomic mass is 10.1. The Hall–Kier alpha value is -1.95. The number of aliphatic hydroxyl groups is 1. The average Bonchev–Trinajstić information content (AvgIpc) is 2.58. The summed E-state index contributed by atoms with van der Waals surface area (Å²) in [6, 6.07) is 13.9. The Kier molecular flexibility index (Phi) is 6.02. The van der Waals surface area contributed by atoms with Crippen molar-refractivity contribution in [1.82, 2.24) is 14.8 Å². The highest BCUT2D eigenvalue weighted by Gasteiger charge is 2.27. The summed E-state index contributed by atoms with van der Waals surface area (Å²) in [6.07, 6.45) is 0.766. The van der Waals surface area contributed by atoms with E-state index in [9.17, 15) is 10.2 Å². The van der Waals surface area contributed by atoms with Crippen LogP contribution >= 0.6 is 0 Å². The first-order valence-electron chi connectivity index (χ1n) is 8.92. The van der Waals surface area contributed by atoms with E-state index in [1.165, 1.54) is 0 Å². The minimum Gasteiger partial charge on any atom is -0.508 e. The Morgan fingerprint density at radius 2 is 1.96 bits per heavy atom. The van der Waals surface area contributed by atoms with Gasteiger partial charge in [0.1, 0.15) is 5.75 Å². The molecule has 0 bridgehead atoms. The van der Waals surface area contributed by atoms with Gasteiger partial charge in [0, 0.05) is 51.1 Å². The topological polar surface area (TPSA) is 59.8 Å². The van der Waals surface area contributed by atoms with Crippen molar-refractivity contribution in [2.45, 2.75) is 32.5 Å². The Labute approximate surface area is 149 Å². The predicted octanol–water partition coefficient (Wildman–Crippen LogP) is 2.16. The lowest BCUT2D eigenvalue weighted by Gasteiger charge is -2.41. The zero-order valence-corrected chi connectivity index (χ0v) is 14.8. The van der Waals surface area contributed by atoms with Gasteiger partial charge in [0.25, 0.3) is 0 Å². The van der Waals surface area contributed by atoms with Crippen molar-refractivity contribution in [3.8, 4) is 5.75 Å². The largest absolute Gasteiger partial charge is 0.508 e. The van der Waals surface area contributed by atoms with Crippen LogP contribution < -0.4 is 0 Å². The minimum atomic E-state index is 0.197. The summed E-state index contributed by atoms with van der Waals surface area (Å²) >= 11 is 0. The molecule has 0 aliphatic carbocycles. The van der Waals surface area contributed by atoms with E-state index in [-0.39, 0.29) is 6.61 Å². The van der Waals surface area contributed by atoms with Crippen LogP contribution in [0.5, 0.6) is 5.75 Å². The van der Waals surface area contributed by atoms with Crippen LogP contribution in [0.1, 0.15) is 23.4 Å². The summed E-state index contributed by atoms with van der Waals surface area (Å²) in [5, 5.41) is 19.1. The predicted molar refractivity (Wildman–Crippen MR) is 98.3 cm³/mol. The van der Waals surface area contributed by atoms with Gasteiger partial charge in [-0.1, -0.05) is 18.2 Å². The van der Waals surface area contributed by atoms with Crippen molar-refractivity contribution in [3.05, 3.63) is 59.4 Å². The van der Waals surface area contributed by atoms with E-state index in [2.05, 4.69) is 26.9 Å². The highest BCUT2D eigenvalue weighted by molar-refractivity contribution is 5.27. The van der Waals surface area contributed by atoms with E-state index in [1.807, 2.05) is 31.2 Å². The highest BCUT2D eigenvalue weighted by Crippen LogP contribution is 2.19. The third-order valence-corrected chi connectivity index (χ3v) is 4.78. The summed E-state index contributed by atoms with van der Waals surface area (Å²) in [5.74, 6) is 0.313. The molecule has 1 unspecified atom stereocenters. The van der Waals surface area contributed by atoms with E-state index < -0.39 is 0 Å². The number of phenolic OH excluding ortho intramolecular Hbond substituents is 1. The average molecular weight is 341 g/mol. The van der Waals surface area contributed by atoms with E-state index in [0.717, 1.165) is 56.1 Å². The van der Waals surface area contributed by atoms with Gasteiger partial charge in [0.15, 0.2) is 0 Å². The van der Waals surface area contributed by atoms with Crippen molar-refractivity contribution in [2.24, 2.45) is 0 Å². The maximum atomic E-state index is 9.64. The van der Waals surface area contributed by atoms with Crippen LogP contribution in [0.3, 0.4) is 0 Å². The van der Waals surface area contributed by atoms with Gasteiger partial charge in [-0.3, -0.25) is 14.8 Å². The van der Waals surface area contributed by atoms with Crippen LogP contribution in [-0.2, 0) is 13.1 Å². The van der Waals surface area contributed by atoms with Crippen molar-refractivity contribution >= 4 is 0 Å². The van der Waals surface area contributed by atoms with Gasteiger partial charge >= 0.3 is 0 Å². The molecule has 3 rings (SSSR count). The van der Waals surface area contributed by atoms with Gasteiger partial charge in [0.05, 0.1) is 5.69 Å². The smallest absolute Gasteiger partial charge is 0.115 e. The first-order chi connectivity index (χ1) is 12.1. The molecule has 0 saturated carbocycles. The van der Waals surface area contributed by atoms with Gasteiger partial charge in [-0.05, 0) is 43.2 Å². The summed E-state index contributed by atoms with van der Waals surface area (Å²) in [5.41, 5.74) is 3.25. The van der Waals surface area contributed by atoms with E-state index in [1.54, 1.807) is 6.07 Å². The number of benzene rings is 1. The number of aromatic nitrogens is 1. The second-order valence-electron chi connectivity index (χ2n) is 6.81. The molecule has 0 amide bonds. The molecular formula is C20H27N3O2. The van der Waals surface area contributed by atoms with Gasteiger partial charge in [-0.15, -0.1) is 0 Å². The Balaban J connectivity index is 1.63. The van der Waals surface area contributed by atoms with Gasteiger partial charge in [-0.25, -0.2) is 0 Å². The van der Waals surface area contributed by atoms with E-state index >= 15 is 0 Å². The van der Waals surface area contributed by atoms with Crippen LogP contribution in [0, 0.1) is 6.92 Å². The third-order valence-electron chi connectivity index (χ3n) is 4.78. The maximum absolute atomic E-state index is 9.64. The lowest BCUT2D eigenvalue weighted by molar-refractivity contribution is 0.0491. The molecule has 1 aliphatic rings. The number of hydrogen-bond acceptors (Lipinski definition) is 5. The molecule has 1 aromatic heterocycles. The van der Waals surface area contributed by atoms with Crippen LogP contribution in [0.15, 0.2) is 42.5 Å². The van der Waals surface area contributed by atoms with Gasteiger partial charge < -0.3 is 10.2 Å². The first-order valence-corrected chi connectivity index (χ1v) is 8.92. The number of aryl methyl sites for hydroxylation is 1. The Bertz CT molecular complexity index is 692. The van der Waals surface area contributed by atoms with Crippen molar-refractivity contribution in [2.75, 3.05) is 26.2 Å². The van der Waals surface area contributed by atoms with E-state index in [0.29, 0.717) is 11.8 Å². The van der Waals surface area contributed by atoms with Gasteiger partial charge in [0.2, 0.25) is 0 Å². The second-order valence-corrected chi connectivity index (χ2v) is 6.81. The first kappa shape index (κ1) is 17.9. The molecule has 2 heterocycles. The minimum absolute atomic E-state index is 0.197. The summed E-state index contributed by atoms with van der Waals surface area (Å²) in [7, 11) is 0. The molecule has 1 aliphatic heterocycles. The molecule has 5 nitrogen and oxygen atoms in total. The van der Waals surface area contributed by atoms with Crippen molar-refractivity contribution < 1.29 is 10.2 Å². The molecule has 0 spiro atoms. The highest BCUT2D eigenvalue weighted by atomic mass is 16.3. The Morgan fingerprint density at radius 3 is 2.72 bits per heavy atom.